The molecule has 0 aliphatic carbocycles. The molecule has 0 spiro atoms. The van der Waals surface area contributed by atoms with Crippen LogP contribution in [0.15, 0.2) is 18.2 Å². The Morgan fingerprint density at radius 3 is 2.31 bits per heavy atom. The van der Waals surface area contributed by atoms with Crippen molar-refractivity contribution in [3.8, 4) is 0 Å². The lowest BCUT2D eigenvalue weighted by Crippen LogP contribution is -2.20. The molecule has 0 amide bonds. The van der Waals surface area contributed by atoms with E-state index in [1.807, 2.05) is 32.0 Å². The van der Waals surface area contributed by atoms with Gasteiger partial charge in [-0.25, -0.2) is 0 Å². The maximum Gasteiger partial charge on any atom is 0.177 e. The fourth-order valence-electron chi connectivity index (χ4n) is 1.50. The van der Waals surface area contributed by atoms with Crippen LogP contribution >= 0.6 is 0 Å². The average Bonchev–Trinajstić information content (AvgIpc) is 2.04. The molecule has 1 aromatic carbocycles. The first kappa shape index (κ1) is 9.93. The first-order valence-electron chi connectivity index (χ1n) is 4.41. The minimum absolute atomic E-state index is 0.165. The molecule has 13 heavy (non-hydrogen) atoms. The molecule has 0 fully saturated rings. The van der Waals surface area contributed by atoms with Crippen LogP contribution < -0.4 is 5.32 Å². The topological polar surface area (TPSA) is 29.1 Å². The van der Waals surface area contributed by atoms with Gasteiger partial charge in [0, 0.05) is 5.56 Å². The van der Waals surface area contributed by atoms with Crippen molar-refractivity contribution in [1.82, 2.24) is 5.32 Å². The lowest BCUT2D eigenvalue weighted by atomic mass is 9.99. The second-order valence-corrected chi connectivity index (χ2v) is 3.22. The number of Topliss-reactive ketones (excluding diaryl/α,β-unsaturated/α-hetero) is 1. The van der Waals surface area contributed by atoms with Crippen molar-refractivity contribution in [3.63, 3.8) is 0 Å². The molecule has 0 aliphatic heterocycles. The third kappa shape index (κ3) is 2.16. The van der Waals surface area contributed by atoms with E-state index in [1.165, 1.54) is 0 Å². The highest BCUT2D eigenvalue weighted by Gasteiger charge is 2.09. The quantitative estimate of drug-likeness (QED) is 0.712. The molecule has 70 valence electrons. The van der Waals surface area contributed by atoms with Gasteiger partial charge in [0.2, 0.25) is 0 Å². The van der Waals surface area contributed by atoms with E-state index in [9.17, 15) is 4.79 Å². The molecule has 2 nitrogen and oxygen atoms in total. The van der Waals surface area contributed by atoms with Gasteiger partial charge in [-0.15, -0.1) is 0 Å². The highest BCUT2D eigenvalue weighted by Crippen LogP contribution is 2.13. The zero-order valence-electron chi connectivity index (χ0n) is 8.35. The van der Waals surface area contributed by atoms with Gasteiger partial charge in [0.15, 0.2) is 5.78 Å². The molecule has 0 bridgehead atoms. The summed E-state index contributed by atoms with van der Waals surface area (Å²) in [5, 5.41) is 2.87. The van der Waals surface area contributed by atoms with Crippen LogP contribution in [0.5, 0.6) is 0 Å². The second-order valence-electron chi connectivity index (χ2n) is 3.22. The minimum atomic E-state index is 0.165. The Balaban J connectivity index is 3.05. The smallest absolute Gasteiger partial charge is 0.177 e. The van der Waals surface area contributed by atoms with E-state index in [0.717, 1.165) is 16.7 Å². The molecular formula is C11H15NO. The Kier molecular flexibility index (Phi) is 3.20. The van der Waals surface area contributed by atoms with E-state index in [2.05, 4.69) is 5.32 Å². The Labute approximate surface area is 79.0 Å². The van der Waals surface area contributed by atoms with Gasteiger partial charge in [0.25, 0.3) is 0 Å². The lowest BCUT2D eigenvalue weighted by Gasteiger charge is -2.07. The molecule has 2 heteroatoms. The van der Waals surface area contributed by atoms with Crippen molar-refractivity contribution in [2.24, 2.45) is 0 Å². The minimum Gasteiger partial charge on any atom is -0.313 e. The van der Waals surface area contributed by atoms with Crippen molar-refractivity contribution in [2.75, 3.05) is 13.6 Å². The first-order valence-corrected chi connectivity index (χ1v) is 4.41. The number of rotatable bonds is 3. The summed E-state index contributed by atoms with van der Waals surface area (Å²) < 4.78 is 0. The van der Waals surface area contributed by atoms with Crippen LogP contribution in [-0.4, -0.2) is 19.4 Å². The number of ketones is 1. The standard InChI is InChI=1S/C11H15NO/c1-8-5-4-6-9(2)11(8)10(13)7-12-3/h4-6,12H,7H2,1-3H3. The van der Waals surface area contributed by atoms with Gasteiger partial charge in [-0.1, -0.05) is 18.2 Å². The normalized spacial score (nSPS) is 10.1. The zero-order valence-corrected chi connectivity index (χ0v) is 8.35. The SMILES string of the molecule is CNCC(=O)c1c(C)cccc1C. The van der Waals surface area contributed by atoms with Crippen molar-refractivity contribution in [2.45, 2.75) is 13.8 Å². The first-order chi connectivity index (χ1) is 6.16. The number of carbonyl (C=O) groups is 1. The number of carbonyl (C=O) groups excluding carboxylic acids is 1. The predicted molar refractivity (Wildman–Crippen MR) is 54.2 cm³/mol. The zero-order chi connectivity index (χ0) is 9.84. The van der Waals surface area contributed by atoms with Crippen LogP contribution in [0.25, 0.3) is 0 Å². The number of aryl methyl sites for hydroxylation is 2. The maximum absolute atomic E-state index is 11.6. The van der Waals surface area contributed by atoms with E-state index < -0.39 is 0 Å². The summed E-state index contributed by atoms with van der Waals surface area (Å²) >= 11 is 0. The molecule has 0 saturated heterocycles. The summed E-state index contributed by atoms with van der Waals surface area (Å²) in [5.74, 6) is 0.165. The van der Waals surface area contributed by atoms with Crippen LogP contribution in [0.1, 0.15) is 21.5 Å². The van der Waals surface area contributed by atoms with E-state index in [1.54, 1.807) is 7.05 Å². The molecular weight excluding hydrogens is 162 g/mol. The van der Waals surface area contributed by atoms with Crippen molar-refractivity contribution in [1.29, 1.82) is 0 Å². The molecule has 0 unspecified atom stereocenters. The Morgan fingerprint density at radius 1 is 1.31 bits per heavy atom. The van der Waals surface area contributed by atoms with Crippen LogP contribution in [0, 0.1) is 13.8 Å². The third-order valence-electron chi connectivity index (χ3n) is 2.10. The Hall–Kier alpha value is -1.15. The van der Waals surface area contributed by atoms with E-state index in [0.29, 0.717) is 6.54 Å². The van der Waals surface area contributed by atoms with Gasteiger partial charge in [-0.05, 0) is 32.0 Å². The summed E-state index contributed by atoms with van der Waals surface area (Å²) in [4.78, 5) is 11.6. The molecule has 0 saturated carbocycles. The van der Waals surface area contributed by atoms with Crippen LogP contribution in [0.2, 0.25) is 0 Å². The molecule has 0 aliphatic rings. The summed E-state index contributed by atoms with van der Waals surface area (Å²) in [7, 11) is 1.78. The molecule has 0 atom stereocenters. The summed E-state index contributed by atoms with van der Waals surface area (Å²) in [6.45, 7) is 4.34. The van der Waals surface area contributed by atoms with Gasteiger partial charge < -0.3 is 5.32 Å². The highest BCUT2D eigenvalue weighted by molar-refractivity contribution is 6.00. The predicted octanol–water partition coefficient (Wildman–Crippen LogP) is 1.71. The molecule has 1 aromatic rings. The van der Waals surface area contributed by atoms with Crippen molar-refractivity contribution >= 4 is 5.78 Å². The van der Waals surface area contributed by atoms with Gasteiger partial charge in [0.05, 0.1) is 6.54 Å². The maximum atomic E-state index is 11.6. The summed E-state index contributed by atoms with van der Waals surface area (Å²) in [6.07, 6.45) is 0. The van der Waals surface area contributed by atoms with Crippen LogP contribution in [-0.2, 0) is 0 Å². The van der Waals surface area contributed by atoms with Crippen LogP contribution in [0.3, 0.4) is 0 Å². The number of benzene rings is 1. The Morgan fingerprint density at radius 2 is 1.85 bits per heavy atom. The molecule has 0 heterocycles. The van der Waals surface area contributed by atoms with Crippen molar-refractivity contribution < 1.29 is 4.79 Å². The van der Waals surface area contributed by atoms with E-state index in [-0.39, 0.29) is 5.78 Å². The largest absolute Gasteiger partial charge is 0.313 e. The molecule has 0 aromatic heterocycles. The third-order valence-corrected chi connectivity index (χ3v) is 2.10. The molecule has 1 N–H and O–H groups in total. The van der Waals surface area contributed by atoms with Gasteiger partial charge in [-0.3, -0.25) is 4.79 Å². The molecule has 1 rings (SSSR count). The second kappa shape index (κ2) is 4.19. The average molecular weight is 177 g/mol. The monoisotopic (exact) mass is 177 g/mol. The summed E-state index contributed by atoms with van der Waals surface area (Å²) in [5.41, 5.74) is 2.97. The van der Waals surface area contributed by atoms with Gasteiger partial charge >= 0.3 is 0 Å². The van der Waals surface area contributed by atoms with Crippen molar-refractivity contribution in [3.05, 3.63) is 34.9 Å². The summed E-state index contributed by atoms with van der Waals surface area (Å²) in [6, 6.07) is 5.91. The van der Waals surface area contributed by atoms with E-state index >= 15 is 0 Å². The molecule has 0 radical (unpaired) electrons. The van der Waals surface area contributed by atoms with Crippen LogP contribution in [0.4, 0.5) is 0 Å². The number of nitrogens with one attached hydrogen (secondary N) is 1. The van der Waals surface area contributed by atoms with Gasteiger partial charge in [0.1, 0.15) is 0 Å². The Bertz CT molecular complexity index is 298. The van der Waals surface area contributed by atoms with Gasteiger partial charge in [-0.2, -0.15) is 0 Å². The lowest BCUT2D eigenvalue weighted by molar-refractivity contribution is 0.0992. The fraction of sp³-hybridized carbons (Fsp3) is 0.364. The number of hydrogen-bond acceptors (Lipinski definition) is 2. The highest BCUT2D eigenvalue weighted by atomic mass is 16.1. The number of hydrogen-bond donors (Lipinski definition) is 1. The fourth-order valence-corrected chi connectivity index (χ4v) is 1.50. The van der Waals surface area contributed by atoms with E-state index in [4.69, 9.17) is 0 Å². The number of likely N-dealkylation sites (N-methyl/N-ethyl adjacent to an activating group) is 1.